The fourth-order valence-electron chi connectivity index (χ4n) is 9.56. The van der Waals surface area contributed by atoms with Crippen LogP contribution in [-0.2, 0) is 49.5 Å². The number of carboxylic acids is 1. The molecule has 3 aliphatic rings. The lowest BCUT2D eigenvalue weighted by molar-refractivity contribution is -0.945. The van der Waals surface area contributed by atoms with Gasteiger partial charge in [0.2, 0.25) is 29.9 Å². The number of aliphatic hydroxyl groups excluding tert-OH is 3. The number of carbonyl (C=O) groups excluding carboxylic acids is 4. The molecular formula is C52H66N9O15+. The molecule has 2 aromatic heterocycles. The van der Waals surface area contributed by atoms with Crippen molar-refractivity contribution in [2.45, 2.75) is 82.7 Å². The number of benzene rings is 3. The molecule has 0 aliphatic carbocycles. The fourth-order valence-corrected chi connectivity index (χ4v) is 9.56. The van der Waals surface area contributed by atoms with Crippen molar-refractivity contribution in [3.8, 4) is 34.1 Å². The number of rotatable bonds is 27. The maximum atomic E-state index is 13.5. The number of H-pyrrole nitrogens is 2. The molecule has 76 heavy (non-hydrogen) atoms. The highest BCUT2D eigenvalue weighted by Gasteiger charge is 2.48. The first-order chi connectivity index (χ1) is 36.8. The highest BCUT2D eigenvalue weighted by Crippen LogP contribution is 2.34. The molecule has 8 N–H and O–H groups in total. The van der Waals surface area contributed by atoms with Gasteiger partial charge in [-0.15, -0.1) is 0 Å². The minimum Gasteiger partial charge on any atom is -0.488 e. The van der Waals surface area contributed by atoms with E-state index in [9.17, 15) is 44.4 Å². The molecule has 4 amide bonds. The molecule has 24 heteroatoms. The van der Waals surface area contributed by atoms with Gasteiger partial charge < -0.3 is 64.0 Å². The predicted molar refractivity (Wildman–Crippen MR) is 270 cm³/mol. The van der Waals surface area contributed by atoms with Gasteiger partial charge in [0.25, 0.3) is 0 Å². The summed E-state index contributed by atoms with van der Waals surface area (Å²) >= 11 is 0. The van der Waals surface area contributed by atoms with Crippen molar-refractivity contribution in [1.82, 2.24) is 35.6 Å². The Balaban J connectivity index is 0.840. The van der Waals surface area contributed by atoms with Crippen molar-refractivity contribution in [2.75, 3.05) is 84.3 Å². The van der Waals surface area contributed by atoms with Crippen LogP contribution in [0.4, 0.5) is 5.69 Å². The van der Waals surface area contributed by atoms with Crippen molar-refractivity contribution in [1.29, 1.82) is 0 Å². The Morgan fingerprint density at radius 2 is 1.61 bits per heavy atom. The number of nitrogens with zero attached hydrogens (tertiary/aromatic N) is 5. The second kappa shape index (κ2) is 26.2. The van der Waals surface area contributed by atoms with E-state index in [0.29, 0.717) is 35.8 Å². The summed E-state index contributed by atoms with van der Waals surface area (Å²) in [6, 6.07) is 18.8. The Bertz CT molecular complexity index is 2770. The molecule has 408 valence electrons. The van der Waals surface area contributed by atoms with Gasteiger partial charge in [0.1, 0.15) is 61.5 Å². The van der Waals surface area contributed by atoms with Crippen molar-refractivity contribution >= 4 is 46.2 Å². The third-order valence-corrected chi connectivity index (χ3v) is 13.7. The van der Waals surface area contributed by atoms with Crippen LogP contribution in [0, 0.1) is 5.92 Å². The number of quaternary nitrogens is 1. The number of nitrogens with one attached hydrogen (secondary N) is 4. The van der Waals surface area contributed by atoms with Gasteiger partial charge in [-0.3, -0.25) is 34.3 Å². The number of aromatic amines is 2. The van der Waals surface area contributed by atoms with Crippen LogP contribution in [0.1, 0.15) is 51.0 Å². The van der Waals surface area contributed by atoms with Crippen LogP contribution in [0.3, 0.4) is 0 Å². The summed E-state index contributed by atoms with van der Waals surface area (Å²) in [6.07, 6.45) is -4.66. The number of carbonyl (C=O) groups is 5. The third kappa shape index (κ3) is 14.3. The van der Waals surface area contributed by atoms with Crippen molar-refractivity contribution in [2.24, 2.45) is 5.92 Å². The minimum atomic E-state index is -1.93. The van der Waals surface area contributed by atoms with E-state index >= 15 is 0 Å². The largest absolute Gasteiger partial charge is 0.488 e. The van der Waals surface area contributed by atoms with Crippen molar-refractivity contribution < 1.29 is 77.3 Å². The topological polar surface area (TPSA) is 319 Å². The zero-order chi connectivity index (χ0) is 53.6. The van der Waals surface area contributed by atoms with E-state index < -0.39 is 42.6 Å². The van der Waals surface area contributed by atoms with Crippen LogP contribution in [-0.4, -0.2) is 194 Å². The Hall–Kier alpha value is -6.90. The molecule has 8 rings (SSSR count). The van der Waals surface area contributed by atoms with E-state index in [1.165, 1.54) is 11.2 Å². The number of anilines is 1. The molecule has 5 heterocycles. The average molecular weight is 1060 g/mol. The molecule has 3 fully saturated rings. The number of piperidine rings is 1. The van der Waals surface area contributed by atoms with E-state index in [2.05, 4.69) is 36.0 Å². The van der Waals surface area contributed by atoms with Gasteiger partial charge in [0.05, 0.1) is 70.5 Å². The molecule has 1 unspecified atom stereocenters. The number of aliphatic hydroxyl groups is 3. The van der Waals surface area contributed by atoms with Gasteiger partial charge in [-0.2, -0.15) is 10.2 Å². The summed E-state index contributed by atoms with van der Waals surface area (Å²) in [5.74, 6) is -1.74. The monoisotopic (exact) mass is 1060 g/mol. The normalized spacial score (nSPS) is 21.4. The van der Waals surface area contributed by atoms with Crippen molar-refractivity contribution in [3.63, 3.8) is 0 Å². The van der Waals surface area contributed by atoms with E-state index in [1.807, 2.05) is 42.5 Å². The minimum absolute atomic E-state index is 0.00135. The Labute approximate surface area is 437 Å². The first-order valence-corrected chi connectivity index (χ1v) is 25.6. The second-order valence-corrected chi connectivity index (χ2v) is 19.2. The van der Waals surface area contributed by atoms with Gasteiger partial charge in [0.15, 0.2) is 11.9 Å². The zero-order valence-electron chi connectivity index (χ0n) is 42.3. The van der Waals surface area contributed by atoms with Gasteiger partial charge in [0, 0.05) is 53.8 Å². The molecule has 6 atom stereocenters. The van der Waals surface area contributed by atoms with E-state index in [4.69, 9.17) is 28.4 Å². The molecule has 3 aromatic carbocycles. The molecule has 5 aromatic rings. The number of hydrogen-bond acceptors (Lipinski definition) is 17. The van der Waals surface area contributed by atoms with Crippen LogP contribution in [0.5, 0.6) is 11.5 Å². The predicted octanol–water partition coefficient (Wildman–Crippen LogP) is 2.15. The average Bonchev–Trinajstić information content (AvgIpc) is 4.19. The zero-order valence-corrected chi connectivity index (χ0v) is 42.3. The van der Waals surface area contributed by atoms with E-state index in [1.54, 1.807) is 25.1 Å². The first-order valence-electron chi connectivity index (χ1n) is 25.6. The summed E-state index contributed by atoms with van der Waals surface area (Å²) in [4.78, 5) is 67.3. The van der Waals surface area contributed by atoms with Gasteiger partial charge in [-0.25, -0.2) is 9.78 Å². The van der Waals surface area contributed by atoms with Crippen LogP contribution >= 0.6 is 0 Å². The highest BCUT2D eigenvalue weighted by atomic mass is 16.7. The van der Waals surface area contributed by atoms with Crippen LogP contribution in [0.25, 0.3) is 33.5 Å². The molecule has 0 saturated carbocycles. The maximum Gasteiger partial charge on any atom is 0.335 e. The number of aromatic nitrogens is 5. The second-order valence-electron chi connectivity index (χ2n) is 19.2. The Kier molecular flexibility index (Phi) is 19.1. The quantitative estimate of drug-likeness (QED) is 0.0212. The molecule has 3 saturated heterocycles. The lowest BCUT2D eigenvalue weighted by Crippen LogP contribution is -2.61. The standard InChI is InChI=1S/C52H65N9O15/c1-32-26-43(64)60(50(32)68)15-20-72-23-25-73-24-22-71-19-13-41(62)53-14-12-42(63)56-39-27-33(8-11-40(39)75-52-47(67)45(65)46(66)48(76-52)51(69)70)30-61(16-3-2-4-17-61)18-21-74-36-7-5-6-34(28-36)44-37-29-35(49-54-31-55-59-49)9-10-38(37)57-58-44/h5-11,27-29,31-32,45-48,52,65-67H,2-4,12-26,30H2,1H3,(H4-,53,54,55,56,57,58,59,62,63,69,70)/p+1/t32?,45-,46-,47+,48-,52+/m0/s1. The van der Waals surface area contributed by atoms with Crippen molar-refractivity contribution in [3.05, 3.63) is 72.6 Å². The number of hydrogen-bond donors (Lipinski definition) is 8. The summed E-state index contributed by atoms with van der Waals surface area (Å²) in [5.41, 5.74) is 4.39. The SMILES string of the molecule is CC1CC(=O)N(CCOCCOCCOCCC(=O)NCCC(=O)Nc2cc(C[N+]3(CCOc4cccc(-c5n[nH]c6ccc(-c7ncn[nH]7)cc56)c4)CCCCC3)ccc2O[C@@H]2O[C@H](C(=O)O)[C@@H](O)[C@H](O)[C@H]2O)C1=O. The number of aliphatic carboxylic acids is 1. The van der Waals surface area contributed by atoms with Crippen LogP contribution in [0.15, 0.2) is 67.0 Å². The fraction of sp³-hybridized carbons (Fsp3) is 0.500. The number of imide groups is 1. The molecule has 0 radical (unpaired) electrons. The Morgan fingerprint density at radius 3 is 2.34 bits per heavy atom. The van der Waals surface area contributed by atoms with Gasteiger partial charge in [-0.1, -0.05) is 19.1 Å². The first kappa shape index (κ1) is 55.3. The number of likely N-dealkylation sites (tertiary alicyclic amines) is 2. The number of ether oxygens (including phenoxy) is 6. The van der Waals surface area contributed by atoms with Gasteiger partial charge >= 0.3 is 5.97 Å². The number of carboxylic acid groups (broad SMARTS) is 1. The summed E-state index contributed by atoms with van der Waals surface area (Å²) < 4.78 is 34.9. The van der Waals surface area contributed by atoms with Gasteiger partial charge in [-0.05, 0) is 67.8 Å². The maximum absolute atomic E-state index is 13.5. The highest BCUT2D eigenvalue weighted by molar-refractivity contribution is 6.03. The van der Waals surface area contributed by atoms with Crippen LogP contribution in [0.2, 0.25) is 0 Å². The lowest BCUT2D eigenvalue weighted by atomic mass is 9.99. The molecule has 0 spiro atoms. The number of amides is 4. The molecule has 3 aliphatic heterocycles. The molecule has 24 nitrogen and oxygen atoms in total. The number of fused-ring (bicyclic) bond motifs is 1. The Morgan fingerprint density at radius 1 is 0.829 bits per heavy atom. The lowest BCUT2D eigenvalue weighted by Gasteiger charge is -2.41. The van der Waals surface area contributed by atoms with E-state index in [-0.39, 0.29) is 107 Å². The smallest absolute Gasteiger partial charge is 0.335 e. The van der Waals surface area contributed by atoms with Crippen LogP contribution < -0.4 is 20.1 Å². The molecular weight excluding hydrogens is 991 g/mol. The summed E-state index contributed by atoms with van der Waals surface area (Å²) in [7, 11) is 0. The summed E-state index contributed by atoms with van der Waals surface area (Å²) in [6.45, 7) is 6.68. The third-order valence-electron chi connectivity index (χ3n) is 13.7. The summed E-state index contributed by atoms with van der Waals surface area (Å²) in [5, 5.41) is 62.3. The molecule has 0 bridgehead atoms. The van der Waals surface area contributed by atoms with E-state index in [0.717, 1.165) is 65.6 Å².